The van der Waals surface area contributed by atoms with E-state index in [9.17, 15) is 9.59 Å². The summed E-state index contributed by atoms with van der Waals surface area (Å²) in [5.41, 5.74) is 4.09. The molecular formula is C49H66O4. The smallest absolute Gasteiger partial charge is 0.343 e. The monoisotopic (exact) mass is 718 g/mol. The molecule has 4 nitrogen and oxygen atoms in total. The van der Waals surface area contributed by atoms with Gasteiger partial charge in [0.15, 0.2) is 0 Å². The Morgan fingerprint density at radius 2 is 1.55 bits per heavy atom. The van der Waals surface area contributed by atoms with E-state index in [1.165, 1.54) is 76.2 Å². The van der Waals surface area contributed by atoms with Gasteiger partial charge in [0.1, 0.15) is 11.9 Å². The molecule has 0 unspecified atom stereocenters. The van der Waals surface area contributed by atoms with Crippen molar-refractivity contribution in [2.75, 3.05) is 0 Å². The van der Waals surface area contributed by atoms with E-state index in [-0.39, 0.29) is 17.5 Å². The molecule has 2 aromatic rings. The van der Waals surface area contributed by atoms with Crippen LogP contribution in [0.2, 0.25) is 0 Å². The van der Waals surface area contributed by atoms with Crippen molar-refractivity contribution >= 4 is 11.9 Å². The second-order valence-electron chi connectivity index (χ2n) is 18.2. The molecule has 0 aromatic heterocycles. The van der Waals surface area contributed by atoms with Crippen molar-refractivity contribution in [2.24, 2.45) is 46.3 Å². The van der Waals surface area contributed by atoms with Gasteiger partial charge in [-0.15, -0.1) is 0 Å². The molecule has 286 valence electrons. The summed E-state index contributed by atoms with van der Waals surface area (Å²) in [5.74, 6) is 11.0. The summed E-state index contributed by atoms with van der Waals surface area (Å²) in [4.78, 5) is 26.1. The van der Waals surface area contributed by atoms with E-state index < -0.39 is 5.97 Å². The average molecular weight is 719 g/mol. The first-order valence-corrected chi connectivity index (χ1v) is 21.3. The minimum atomic E-state index is -0.436. The lowest BCUT2D eigenvalue weighted by Crippen LogP contribution is -2.51. The van der Waals surface area contributed by atoms with Crippen molar-refractivity contribution in [2.45, 2.75) is 150 Å². The standard InChI is InChI=1S/C49H66O4/c1-7-8-9-10-11-12-16-36-17-19-37(20-18-36)46(50)52-40-24-21-38(22-25-40)47(51)53-41-29-31-48(5)39(33-41)23-26-42-44-28-27-43(35(4)15-13-14-34(2)3)49(44,6)32-30-45(42)48/h17-25,34-35,41-45H,7-11,13-15,26-33H2,1-6H3/t35-,41+,42+,43-,44+,45+,48+,49-/m1/s1. The average Bonchev–Trinajstić information content (AvgIpc) is 3.51. The minimum absolute atomic E-state index is 0.0963. The van der Waals surface area contributed by atoms with Crippen molar-refractivity contribution in [3.8, 4) is 17.6 Å². The highest BCUT2D eigenvalue weighted by Gasteiger charge is 2.59. The lowest BCUT2D eigenvalue weighted by molar-refractivity contribution is -0.0594. The molecule has 0 spiro atoms. The van der Waals surface area contributed by atoms with Crippen LogP contribution in [0.25, 0.3) is 0 Å². The highest BCUT2D eigenvalue weighted by molar-refractivity contribution is 5.92. The third-order valence-corrected chi connectivity index (χ3v) is 14.3. The van der Waals surface area contributed by atoms with E-state index in [2.05, 4.69) is 59.5 Å². The largest absolute Gasteiger partial charge is 0.458 e. The molecule has 0 N–H and O–H groups in total. The van der Waals surface area contributed by atoms with Crippen LogP contribution in [0, 0.1) is 58.2 Å². The minimum Gasteiger partial charge on any atom is -0.458 e. The molecule has 0 heterocycles. The predicted molar refractivity (Wildman–Crippen MR) is 216 cm³/mol. The van der Waals surface area contributed by atoms with Gasteiger partial charge < -0.3 is 9.47 Å². The molecule has 8 atom stereocenters. The van der Waals surface area contributed by atoms with E-state index in [1.807, 2.05) is 12.1 Å². The van der Waals surface area contributed by atoms with Crippen LogP contribution in [0.15, 0.2) is 60.2 Å². The van der Waals surface area contributed by atoms with E-state index in [4.69, 9.17) is 9.47 Å². The Balaban J connectivity index is 0.996. The zero-order valence-corrected chi connectivity index (χ0v) is 33.7. The Morgan fingerprint density at radius 1 is 0.811 bits per heavy atom. The lowest BCUT2D eigenvalue weighted by Gasteiger charge is -2.58. The lowest BCUT2D eigenvalue weighted by atomic mass is 9.47. The number of benzene rings is 2. The molecule has 4 aliphatic carbocycles. The number of allylic oxidation sites excluding steroid dienone is 1. The summed E-state index contributed by atoms with van der Waals surface area (Å²) in [6.07, 6.45) is 21.9. The number of carbonyl (C=O) groups is 2. The summed E-state index contributed by atoms with van der Waals surface area (Å²) >= 11 is 0. The molecular weight excluding hydrogens is 653 g/mol. The van der Waals surface area contributed by atoms with Crippen LogP contribution in [-0.2, 0) is 4.74 Å². The maximum absolute atomic E-state index is 13.3. The molecule has 0 radical (unpaired) electrons. The van der Waals surface area contributed by atoms with Gasteiger partial charge in [-0.25, -0.2) is 9.59 Å². The van der Waals surface area contributed by atoms with Crippen molar-refractivity contribution in [1.29, 1.82) is 0 Å². The number of unbranched alkanes of at least 4 members (excludes halogenated alkanes) is 4. The van der Waals surface area contributed by atoms with Crippen molar-refractivity contribution in [3.63, 3.8) is 0 Å². The highest BCUT2D eigenvalue weighted by Crippen LogP contribution is 2.67. The van der Waals surface area contributed by atoms with E-state index in [1.54, 1.807) is 36.4 Å². The van der Waals surface area contributed by atoms with Crippen LogP contribution in [0.5, 0.6) is 5.75 Å². The third kappa shape index (κ3) is 8.98. The molecule has 3 saturated carbocycles. The number of carbonyl (C=O) groups excluding carboxylic acids is 2. The van der Waals surface area contributed by atoms with Crippen LogP contribution in [0.4, 0.5) is 0 Å². The molecule has 6 rings (SSSR count). The number of fused-ring (bicyclic) bond motifs is 5. The summed E-state index contributed by atoms with van der Waals surface area (Å²) in [5, 5.41) is 0. The summed E-state index contributed by atoms with van der Waals surface area (Å²) in [7, 11) is 0. The molecule has 53 heavy (non-hydrogen) atoms. The fourth-order valence-corrected chi connectivity index (χ4v) is 11.3. The van der Waals surface area contributed by atoms with Crippen LogP contribution < -0.4 is 4.74 Å². The van der Waals surface area contributed by atoms with Gasteiger partial charge in [0, 0.05) is 18.4 Å². The molecule has 0 bridgehead atoms. The highest BCUT2D eigenvalue weighted by atomic mass is 16.5. The topological polar surface area (TPSA) is 52.6 Å². The van der Waals surface area contributed by atoms with Gasteiger partial charge in [-0.2, -0.15) is 0 Å². The van der Waals surface area contributed by atoms with Crippen molar-refractivity contribution in [3.05, 3.63) is 76.9 Å². The molecule has 4 heteroatoms. The van der Waals surface area contributed by atoms with Crippen LogP contribution in [0.3, 0.4) is 0 Å². The van der Waals surface area contributed by atoms with Gasteiger partial charge in [-0.05, 0) is 146 Å². The number of hydrogen-bond donors (Lipinski definition) is 0. The number of rotatable bonds is 13. The Bertz CT molecular complexity index is 1640. The molecule has 2 aromatic carbocycles. The Hall–Kier alpha value is -3.32. The third-order valence-electron chi connectivity index (χ3n) is 14.3. The summed E-state index contributed by atoms with van der Waals surface area (Å²) in [6.45, 7) is 14.7. The van der Waals surface area contributed by atoms with Crippen LogP contribution in [0.1, 0.15) is 171 Å². The first kappa shape index (κ1) is 39.4. The maximum atomic E-state index is 13.3. The van der Waals surface area contributed by atoms with Crippen molar-refractivity contribution in [1.82, 2.24) is 0 Å². The first-order valence-electron chi connectivity index (χ1n) is 21.3. The molecule has 3 fully saturated rings. The Morgan fingerprint density at radius 3 is 2.28 bits per heavy atom. The van der Waals surface area contributed by atoms with Gasteiger partial charge in [-0.1, -0.05) is 104 Å². The normalized spacial score (nSPS) is 29.5. The summed E-state index contributed by atoms with van der Waals surface area (Å²) < 4.78 is 11.7. The van der Waals surface area contributed by atoms with Gasteiger partial charge in [-0.3, -0.25) is 0 Å². The number of esters is 2. The fourth-order valence-electron chi connectivity index (χ4n) is 11.3. The zero-order valence-electron chi connectivity index (χ0n) is 33.7. The number of hydrogen-bond acceptors (Lipinski definition) is 4. The maximum Gasteiger partial charge on any atom is 0.343 e. The quantitative estimate of drug-likeness (QED) is 0.0680. The van der Waals surface area contributed by atoms with Crippen molar-refractivity contribution < 1.29 is 19.1 Å². The van der Waals surface area contributed by atoms with E-state index >= 15 is 0 Å². The van der Waals surface area contributed by atoms with E-state index in [0.717, 1.165) is 73.2 Å². The van der Waals surface area contributed by atoms with E-state index in [0.29, 0.717) is 22.3 Å². The zero-order chi connectivity index (χ0) is 37.6. The Labute approximate surface area is 321 Å². The van der Waals surface area contributed by atoms with Crippen LogP contribution >= 0.6 is 0 Å². The molecule has 0 aliphatic heterocycles. The van der Waals surface area contributed by atoms with Crippen LogP contribution in [-0.4, -0.2) is 18.0 Å². The first-order chi connectivity index (χ1) is 25.5. The second kappa shape index (κ2) is 17.4. The molecule has 0 saturated heterocycles. The predicted octanol–water partition coefficient (Wildman–Crippen LogP) is 12.8. The summed E-state index contributed by atoms with van der Waals surface area (Å²) in [6, 6.07) is 13.9. The van der Waals surface area contributed by atoms with Gasteiger partial charge in [0.25, 0.3) is 0 Å². The SMILES string of the molecule is CCCCCCC#Cc1ccc(C(=O)Oc2ccc(C(=O)O[C@H]3CC[C@@]4(C)C(=CC[C@H]5[C@@H]6CC[C@H]([C@H](C)CCCC(C)C)[C@@]6(C)CC[C@@H]54)C3)cc2)cc1. The number of ether oxygens (including phenoxy) is 2. The Kier molecular flexibility index (Phi) is 13.0. The van der Waals surface area contributed by atoms with Gasteiger partial charge in [0.05, 0.1) is 11.1 Å². The van der Waals surface area contributed by atoms with Gasteiger partial charge >= 0.3 is 11.9 Å². The molecule has 4 aliphatic rings. The van der Waals surface area contributed by atoms with Gasteiger partial charge in [0.2, 0.25) is 0 Å². The fraction of sp³-hybridized carbons (Fsp3) is 0.633. The second-order valence-corrected chi connectivity index (χ2v) is 18.2. The molecule has 0 amide bonds.